The van der Waals surface area contributed by atoms with Crippen LogP contribution in [0.1, 0.15) is 16.1 Å². The Morgan fingerprint density at radius 3 is 2.53 bits per heavy atom. The summed E-state index contributed by atoms with van der Waals surface area (Å²) in [7, 11) is 0. The Bertz CT molecular complexity index is 1300. The number of likely N-dealkylation sites (tertiary alicyclic amines) is 1. The Balaban J connectivity index is 1.22. The van der Waals surface area contributed by atoms with Crippen LogP contribution in [0.5, 0.6) is 0 Å². The number of hydrogen-bond acceptors (Lipinski definition) is 6. The number of anilines is 1. The Kier molecular flexibility index (Phi) is 4.20. The van der Waals surface area contributed by atoms with Crippen LogP contribution in [0.3, 0.4) is 0 Å². The van der Waals surface area contributed by atoms with Gasteiger partial charge >= 0.3 is 0 Å². The van der Waals surface area contributed by atoms with Gasteiger partial charge in [-0.1, -0.05) is 6.07 Å². The molecule has 2 aliphatic rings. The zero-order valence-electron chi connectivity index (χ0n) is 17.5. The fraction of sp³-hybridized carbons (Fsp3) is 0.318. The van der Waals surface area contributed by atoms with Gasteiger partial charge in [-0.25, -0.2) is 13.9 Å². The second kappa shape index (κ2) is 7.11. The third-order valence-corrected chi connectivity index (χ3v) is 6.46. The molecule has 0 saturated carbocycles. The zero-order valence-corrected chi connectivity index (χ0v) is 17.5. The molecule has 2 atom stereocenters. The third-order valence-electron chi connectivity index (χ3n) is 6.46. The Labute approximate surface area is 183 Å². The minimum atomic E-state index is -0.563. The van der Waals surface area contributed by atoms with E-state index in [2.05, 4.69) is 25.2 Å². The lowest BCUT2D eigenvalue weighted by atomic mass is 10.0. The fourth-order valence-corrected chi connectivity index (χ4v) is 4.92. The van der Waals surface area contributed by atoms with Crippen LogP contribution in [0.15, 0.2) is 48.9 Å². The van der Waals surface area contributed by atoms with Crippen molar-refractivity contribution in [2.45, 2.75) is 6.92 Å². The van der Waals surface area contributed by atoms with E-state index in [9.17, 15) is 9.18 Å². The first-order valence-corrected chi connectivity index (χ1v) is 10.6. The molecular weight excluding hydrogens is 411 g/mol. The average molecular weight is 432 g/mol. The molecule has 2 aliphatic heterocycles. The number of aromatic nitrogens is 6. The van der Waals surface area contributed by atoms with Crippen molar-refractivity contribution in [1.29, 1.82) is 0 Å². The number of carbonyl (C=O) groups excluding carboxylic acids is 1. The Hall–Kier alpha value is -3.82. The number of hydrogen-bond donors (Lipinski definition) is 0. The molecule has 4 aromatic rings. The van der Waals surface area contributed by atoms with E-state index >= 15 is 0 Å². The van der Waals surface area contributed by atoms with Crippen molar-refractivity contribution < 1.29 is 9.18 Å². The van der Waals surface area contributed by atoms with Crippen molar-refractivity contribution in [1.82, 2.24) is 34.5 Å². The first kappa shape index (κ1) is 18.9. The molecule has 1 amide bonds. The number of carbonyl (C=O) groups is 1. The number of rotatable bonds is 3. The molecule has 9 nitrogen and oxygen atoms in total. The summed E-state index contributed by atoms with van der Waals surface area (Å²) in [5, 5.41) is 12.8. The van der Waals surface area contributed by atoms with Crippen LogP contribution in [0.2, 0.25) is 0 Å². The SMILES string of the molecule is Cc1nc(N2C[C@H]3CN(C(=O)c4c(F)cccc4-n4nccn4)C[C@H]3C2)nn2cccc12. The molecule has 2 fully saturated rings. The first-order chi connectivity index (χ1) is 15.6. The highest BCUT2D eigenvalue weighted by molar-refractivity contribution is 5.98. The van der Waals surface area contributed by atoms with E-state index < -0.39 is 5.82 Å². The molecular formula is C22H21FN8O. The summed E-state index contributed by atoms with van der Waals surface area (Å²) in [5.74, 6) is 0.409. The van der Waals surface area contributed by atoms with Crippen molar-refractivity contribution in [3.63, 3.8) is 0 Å². The summed E-state index contributed by atoms with van der Waals surface area (Å²) in [6.45, 7) is 4.67. The topological polar surface area (TPSA) is 84.5 Å². The van der Waals surface area contributed by atoms with Crippen molar-refractivity contribution in [3.8, 4) is 5.69 Å². The number of nitrogens with zero attached hydrogens (tertiary/aromatic N) is 8. The second-order valence-corrected chi connectivity index (χ2v) is 8.42. The average Bonchev–Trinajstić information content (AvgIpc) is 3.56. The summed E-state index contributed by atoms with van der Waals surface area (Å²) in [5.41, 5.74) is 2.30. The van der Waals surface area contributed by atoms with Crippen LogP contribution in [-0.4, -0.2) is 66.6 Å². The van der Waals surface area contributed by atoms with Crippen molar-refractivity contribution in [2.24, 2.45) is 11.8 Å². The lowest BCUT2D eigenvalue weighted by Gasteiger charge is -2.23. The predicted molar refractivity (Wildman–Crippen MR) is 114 cm³/mol. The molecule has 0 bridgehead atoms. The van der Waals surface area contributed by atoms with E-state index in [1.165, 1.54) is 23.3 Å². The van der Waals surface area contributed by atoms with Gasteiger partial charge in [0.05, 0.1) is 23.6 Å². The second-order valence-electron chi connectivity index (χ2n) is 8.42. The maximum absolute atomic E-state index is 14.7. The molecule has 2 saturated heterocycles. The van der Waals surface area contributed by atoms with Gasteiger partial charge in [0, 0.05) is 44.2 Å². The number of fused-ring (bicyclic) bond motifs is 2. The lowest BCUT2D eigenvalue weighted by Crippen LogP contribution is -2.35. The van der Waals surface area contributed by atoms with Crippen molar-refractivity contribution in [2.75, 3.05) is 31.1 Å². The van der Waals surface area contributed by atoms with Crippen molar-refractivity contribution >= 4 is 17.4 Å². The highest BCUT2D eigenvalue weighted by Gasteiger charge is 2.43. The molecule has 32 heavy (non-hydrogen) atoms. The minimum absolute atomic E-state index is 0.0116. The lowest BCUT2D eigenvalue weighted by molar-refractivity contribution is 0.0777. The molecule has 0 unspecified atom stereocenters. The molecule has 0 spiro atoms. The van der Waals surface area contributed by atoms with Gasteiger partial charge in [-0.3, -0.25) is 4.79 Å². The summed E-state index contributed by atoms with van der Waals surface area (Å²) >= 11 is 0. The van der Waals surface area contributed by atoms with Crippen molar-refractivity contribution in [3.05, 3.63) is 66.0 Å². The van der Waals surface area contributed by atoms with Gasteiger partial charge in [-0.15, -0.1) is 5.10 Å². The maximum atomic E-state index is 14.7. The monoisotopic (exact) mass is 432 g/mol. The van der Waals surface area contributed by atoms with Gasteiger partial charge in [0.1, 0.15) is 17.1 Å². The number of aryl methyl sites for hydroxylation is 1. The molecule has 162 valence electrons. The molecule has 3 aromatic heterocycles. The highest BCUT2D eigenvalue weighted by atomic mass is 19.1. The maximum Gasteiger partial charge on any atom is 0.259 e. The van der Waals surface area contributed by atoms with Gasteiger partial charge in [-0.05, 0) is 31.2 Å². The van der Waals surface area contributed by atoms with Gasteiger partial charge in [0.15, 0.2) is 0 Å². The molecule has 0 radical (unpaired) electrons. The largest absolute Gasteiger partial charge is 0.339 e. The van der Waals surface area contributed by atoms with Gasteiger partial charge in [0.2, 0.25) is 5.95 Å². The quantitative estimate of drug-likeness (QED) is 0.492. The van der Waals surface area contributed by atoms with Crippen LogP contribution in [0.25, 0.3) is 11.2 Å². The Morgan fingerprint density at radius 2 is 1.78 bits per heavy atom. The van der Waals surface area contributed by atoms with Gasteiger partial charge < -0.3 is 9.80 Å². The summed E-state index contributed by atoms with van der Waals surface area (Å²) in [4.78, 5) is 23.2. The first-order valence-electron chi connectivity index (χ1n) is 10.6. The predicted octanol–water partition coefficient (Wildman–Crippen LogP) is 1.97. The molecule has 5 heterocycles. The fourth-order valence-electron chi connectivity index (χ4n) is 4.92. The standard InChI is InChI=1S/C22H21FN8O/c1-14-18-6-3-9-30(18)27-22(26-14)29-12-15-10-28(11-16(15)13-29)21(32)20-17(23)4-2-5-19(20)31-24-7-8-25-31/h2-9,15-16H,10-13H2,1H3/t15-,16+. The highest BCUT2D eigenvalue weighted by Crippen LogP contribution is 2.34. The third kappa shape index (κ3) is 2.94. The summed E-state index contributed by atoms with van der Waals surface area (Å²) in [6.07, 6.45) is 4.93. The van der Waals surface area contributed by atoms with Crippen LogP contribution >= 0.6 is 0 Å². The number of benzene rings is 1. The molecule has 0 N–H and O–H groups in total. The molecule has 10 heteroatoms. The van der Waals surface area contributed by atoms with E-state index in [4.69, 9.17) is 0 Å². The number of amides is 1. The van der Waals surface area contributed by atoms with E-state index in [1.807, 2.05) is 29.8 Å². The van der Waals surface area contributed by atoms with E-state index in [1.54, 1.807) is 17.0 Å². The van der Waals surface area contributed by atoms with Crippen LogP contribution in [0.4, 0.5) is 10.3 Å². The summed E-state index contributed by atoms with van der Waals surface area (Å²) in [6, 6.07) is 8.47. The smallest absolute Gasteiger partial charge is 0.259 e. The molecule has 0 aliphatic carbocycles. The van der Waals surface area contributed by atoms with Gasteiger partial charge in [0.25, 0.3) is 5.91 Å². The van der Waals surface area contributed by atoms with E-state index in [0.717, 1.165) is 24.3 Å². The van der Waals surface area contributed by atoms with Crippen LogP contribution in [0, 0.1) is 24.6 Å². The minimum Gasteiger partial charge on any atom is -0.339 e. The van der Waals surface area contributed by atoms with Crippen LogP contribution < -0.4 is 4.90 Å². The number of halogens is 1. The molecule has 1 aromatic carbocycles. The van der Waals surface area contributed by atoms with Gasteiger partial charge in [-0.2, -0.15) is 15.0 Å². The van der Waals surface area contributed by atoms with E-state index in [0.29, 0.717) is 36.6 Å². The normalized spacial score (nSPS) is 20.3. The zero-order chi connectivity index (χ0) is 21.8. The molecule has 6 rings (SSSR count). The van der Waals surface area contributed by atoms with Crippen LogP contribution in [-0.2, 0) is 0 Å². The Morgan fingerprint density at radius 1 is 1.03 bits per heavy atom. The summed E-state index contributed by atoms with van der Waals surface area (Å²) < 4.78 is 16.6. The van der Waals surface area contributed by atoms with E-state index in [-0.39, 0.29) is 11.5 Å².